The quantitative estimate of drug-likeness (QED) is 0.842. The maximum Gasteiger partial charge on any atom is 0.339 e. The van der Waals surface area contributed by atoms with Gasteiger partial charge in [-0.25, -0.2) is 9.18 Å². The van der Waals surface area contributed by atoms with Gasteiger partial charge in [0, 0.05) is 4.90 Å². The molecule has 0 fully saturated rings. The van der Waals surface area contributed by atoms with E-state index in [1.807, 2.05) is 0 Å². The highest BCUT2D eigenvalue weighted by molar-refractivity contribution is 8.01. The fraction of sp³-hybridized carbons (Fsp3) is 0.100. The van der Waals surface area contributed by atoms with E-state index in [0.717, 1.165) is 22.8 Å². The molecule has 1 heterocycles. The predicted octanol–water partition coefficient (Wildman–Crippen LogP) is 2.42. The summed E-state index contributed by atoms with van der Waals surface area (Å²) >= 11 is 2.43. The Hall–Kier alpha value is -1.67. The van der Waals surface area contributed by atoms with Gasteiger partial charge in [0.25, 0.3) is 0 Å². The number of hydrogen-bond donors (Lipinski definition) is 2. The molecule has 18 heavy (non-hydrogen) atoms. The lowest BCUT2D eigenvalue weighted by molar-refractivity contribution is 0.0694. The number of aromatic carboxylic acids is 1. The Balaban J connectivity index is 2.44. The second-order valence-corrected chi connectivity index (χ2v) is 5.80. The van der Waals surface area contributed by atoms with Gasteiger partial charge in [-0.1, -0.05) is 23.1 Å². The first-order chi connectivity index (χ1) is 8.49. The highest BCUT2D eigenvalue weighted by Crippen LogP contribution is 2.35. The van der Waals surface area contributed by atoms with Gasteiger partial charge < -0.3 is 10.8 Å². The van der Waals surface area contributed by atoms with Crippen molar-refractivity contribution < 1.29 is 14.3 Å². The van der Waals surface area contributed by atoms with E-state index in [9.17, 15) is 9.18 Å². The minimum absolute atomic E-state index is 0.243. The first-order valence-electron chi connectivity index (χ1n) is 4.78. The number of nitrogens with zero attached hydrogens (tertiary/aromatic N) is 2. The molecule has 8 heteroatoms. The highest BCUT2D eigenvalue weighted by Gasteiger charge is 2.19. The summed E-state index contributed by atoms with van der Waals surface area (Å²) in [5, 5.41) is 17.5. The average molecular weight is 285 g/mol. The second-order valence-electron chi connectivity index (χ2n) is 3.33. The Morgan fingerprint density at radius 1 is 1.50 bits per heavy atom. The number of aryl methyl sites for hydroxylation is 1. The van der Waals surface area contributed by atoms with E-state index >= 15 is 0 Å². The number of nitrogens with two attached hydrogens (primary N) is 1. The van der Waals surface area contributed by atoms with Gasteiger partial charge in [-0.2, -0.15) is 0 Å². The molecule has 0 aliphatic carbocycles. The summed E-state index contributed by atoms with van der Waals surface area (Å²) < 4.78 is 13.8. The molecule has 2 aromatic rings. The van der Waals surface area contributed by atoms with E-state index in [0.29, 0.717) is 9.24 Å². The molecule has 0 aliphatic heterocycles. The molecule has 5 nitrogen and oxygen atoms in total. The lowest BCUT2D eigenvalue weighted by Gasteiger charge is -2.07. The van der Waals surface area contributed by atoms with Gasteiger partial charge in [0.1, 0.15) is 10.8 Å². The van der Waals surface area contributed by atoms with E-state index in [4.69, 9.17) is 10.8 Å². The summed E-state index contributed by atoms with van der Waals surface area (Å²) in [6.07, 6.45) is 0. The number of nitrogen functional groups attached to an aromatic ring is 1. The summed E-state index contributed by atoms with van der Waals surface area (Å²) in [5.41, 5.74) is 4.83. The van der Waals surface area contributed by atoms with Crippen molar-refractivity contribution in [3.8, 4) is 0 Å². The normalized spacial score (nSPS) is 10.6. The van der Waals surface area contributed by atoms with Gasteiger partial charge in [-0.3, -0.25) is 0 Å². The molecular formula is C10H8FN3O2S2. The van der Waals surface area contributed by atoms with Gasteiger partial charge in [0.05, 0.1) is 11.3 Å². The zero-order valence-electron chi connectivity index (χ0n) is 9.18. The zero-order chi connectivity index (χ0) is 13.3. The number of benzene rings is 1. The van der Waals surface area contributed by atoms with E-state index in [1.54, 1.807) is 6.92 Å². The highest BCUT2D eigenvalue weighted by atomic mass is 32.2. The minimum Gasteiger partial charge on any atom is -0.478 e. The Labute approximate surface area is 110 Å². The van der Waals surface area contributed by atoms with Crippen molar-refractivity contribution in [1.29, 1.82) is 0 Å². The maximum absolute atomic E-state index is 13.2. The van der Waals surface area contributed by atoms with Crippen LogP contribution in [0.4, 0.5) is 10.1 Å². The number of aromatic nitrogens is 2. The van der Waals surface area contributed by atoms with Gasteiger partial charge in [-0.05, 0) is 19.1 Å². The second kappa shape index (κ2) is 4.91. The molecule has 94 valence electrons. The van der Waals surface area contributed by atoms with E-state index in [-0.39, 0.29) is 11.3 Å². The lowest BCUT2D eigenvalue weighted by atomic mass is 10.2. The van der Waals surface area contributed by atoms with Crippen LogP contribution >= 0.6 is 23.1 Å². The van der Waals surface area contributed by atoms with Crippen LogP contribution in [0.5, 0.6) is 0 Å². The van der Waals surface area contributed by atoms with Crippen LogP contribution in [0.2, 0.25) is 0 Å². The molecule has 0 atom stereocenters. The number of carboxylic acids is 1. The first-order valence-corrected chi connectivity index (χ1v) is 6.41. The van der Waals surface area contributed by atoms with Crippen LogP contribution in [0.25, 0.3) is 0 Å². The third-order valence-electron chi connectivity index (χ3n) is 2.07. The SMILES string of the molecule is Cc1nnc(Sc2ccc(F)c(N)c2C(=O)O)s1. The monoisotopic (exact) mass is 285 g/mol. The number of rotatable bonds is 3. The zero-order valence-corrected chi connectivity index (χ0v) is 10.8. The average Bonchev–Trinajstić information content (AvgIpc) is 2.69. The van der Waals surface area contributed by atoms with Crippen LogP contribution in [-0.2, 0) is 0 Å². The molecule has 0 unspecified atom stereocenters. The van der Waals surface area contributed by atoms with Crippen LogP contribution < -0.4 is 5.73 Å². The summed E-state index contributed by atoms with van der Waals surface area (Å²) in [4.78, 5) is 11.4. The Kier molecular flexibility index (Phi) is 3.48. The minimum atomic E-state index is -1.27. The van der Waals surface area contributed by atoms with Gasteiger partial charge >= 0.3 is 5.97 Å². The molecule has 0 radical (unpaired) electrons. The largest absolute Gasteiger partial charge is 0.478 e. The Morgan fingerprint density at radius 2 is 2.22 bits per heavy atom. The van der Waals surface area contributed by atoms with Crippen LogP contribution in [-0.4, -0.2) is 21.3 Å². The summed E-state index contributed by atoms with van der Waals surface area (Å²) in [7, 11) is 0. The molecule has 0 amide bonds. The summed E-state index contributed by atoms with van der Waals surface area (Å²) in [6, 6.07) is 2.51. The number of carbonyl (C=O) groups is 1. The standard InChI is InChI=1S/C10H8FN3O2S2/c1-4-13-14-10(17-4)18-6-3-2-5(11)8(12)7(6)9(15)16/h2-3H,12H2,1H3,(H,15,16). The van der Waals surface area contributed by atoms with E-state index in [2.05, 4.69) is 10.2 Å². The van der Waals surface area contributed by atoms with Crippen molar-refractivity contribution in [2.75, 3.05) is 5.73 Å². The van der Waals surface area contributed by atoms with Crippen molar-refractivity contribution in [2.45, 2.75) is 16.2 Å². The molecule has 0 spiro atoms. The Morgan fingerprint density at radius 3 is 2.78 bits per heavy atom. The van der Waals surface area contributed by atoms with E-state index < -0.39 is 11.8 Å². The third-order valence-corrected chi connectivity index (χ3v) is 4.02. The molecular weight excluding hydrogens is 277 g/mol. The van der Waals surface area contributed by atoms with Crippen LogP contribution in [0.1, 0.15) is 15.4 Å². The van der Waals surface area contributed by atoms with Crippen molar-refractivity contribution >= 4 is 34.8 Å². The van der Waals surface area contributed by atoms with Crippen molar-refractivity contribution in [1.82, 2.24) is 10.2 Å². The molecule has 0 saturated carbocycles. The smallest absolute Gasteiger partial charge is 0.339 e. The van der Waals surface area contributed by atoms with Crippen molar-refractivity contribution in [3.63, 3.8) is 0 Å². The lowest BCUT2D eigenvalue weighted by Crippen LogP contribution is -2.06. The third kappa shape index (κ3) is 2.44. The van der Waals surface area contributed by atoms with E-state index in [1.165, 1.54) is 17.4 Å². The predicted molar refractivity (Wildman–Crippen MR) is 66.5 cm³/mol. The molecule has 2 rings (SSSR count). The van der Waals surface area contributed by atoms with Gasteiger partial charge in [0.15, 0.2) is 4.34 Å². The van der Waals surface area contributed by atoms with Gasteiger partial charge in [0.2, 0.25) is 0 Å². The maximum atomic E-state index is 13.2. The summed E-state index contributed by atoms with van der Waals surface area (Å²) in [6.45, 7) is 1.79. The molecule has 0 saturated heterocycles. The van der Waals surface area contributed by atoms with Crippen LogP contribution in [0, 0.1) is 12.7 Å². The van der Waals surface area contributed by atoms with Crippen molar-refractivity contribution in [2.24, 2.45) is 0 Å². The summed E-state index contributed by atoms with van der Waals surface area (Å²) in [5.74, 6) is -2.01. The van der Waals surface area contributed by atoms with Gasteiger partial charge in [-0.15, -0.1) is 10.2 Å². The fourth-order valence-corrected chi connectivity index (χ4v) is 3.21. The van der Waals surface area contributed by atoms with Crippen molar-refractivity contribution in [3.05, 3.63) is 28.5 Å². The molecule has 1 aromatic heterocycles. The number of anilines is 1. The number of halogens is 1. The Bertz CT molecular complexity index is 615. The topological polar surface area (TPSA) is 89.1 Å². The molecule has 3 N–H and O–H groups in total. The molecule has 0 bridgehead atoms. The van der Waals surface area contributed by atoms with Crippen LogP contribution in [0.15, 0.2) is 21.4 Å². The molecule has 1 aromatic carbocycles. The first kappa shape index (κ1) is 12.8. The fourth-order valence-electron chi connectivity index (χ4n) is 1.29. The number of hydrogen-bond acceptors (Lipinski definition) is 6. The van der Waals surface area contributed by atoms with Crippen LogP contribution in [0.3, 0.4) is 0 Å². The molecule has 0 aliphatic rings. The number of carboxylic acid groups (broad SMARTS) is 1.